The molecule has 0 bridgehead atoms. The van der Waals surface area contributed by atoms with Gasteiger partial charge in [-0.2, -0.15) is 0 Å². The summed E-state index contributed by atoms with van der Waals surface area (Å²) in [6, 6.07) is 6.57. The first kappa shape index (κ1) is 11.1. The zero-order valence-corrected chi connectivity index (χ0v) is 9.72. The van der Waals surface area contributed by atoms with Gasteiger partial charge in [-0.3, -0.25) is 0 Å². The lowest BCUT2D eigenvalue weighted by molar-refractivity contribution is 0.849. The van der Waals surface area contributed by atoms with Crippen LogP contribution in [0.1, 0.15) is 44.7 Å². The van der Waals surface area contributed by atoms with Gasteiger partial charge in [-0.1, -0.05) is 39.8 Å². The van der Waals surface area contributed by atoms with Crippen LogP contribution < -0.4 is 5.32 Å². The van der Waals surface area contributed by atoms with E-state index in [1.807, 2.05) is 13.8 Å². The van der Waals surface area contributed by atoms with E-state index >= 15 is 0 Å². The van der Waals surface area contributed by atoms with E-state index in [1.165, 1.54) is 23.2 Å². The van der Waals surface area contributed by atoms with Crippen molar-refractivity contribution in [2.45, 2.75) is 40.0 Å². The quantitative estimate of drug-likeness (QED) is 0.712. The van der Waals surface area contributed by atoms with Crippen LogP contribution in [0.2, 0.25) is 0 Å². The summed E-state index contributed by atoms with van der Waals surface area (Å²) in [5, 5.41) is 3.40. The highest BCUT2D eigenvalue weighted by Gasteiger charge is 2.14. The molecule has 1 heteroatoms. The first-order chi connectivity index (χ1) is 6.79. The Morgan fingerprint density at radius 3 is 2.57 bits per heavy atom. The molecule has 14 heavy (non-hydrogen) atoms. The summed E-state index contributed by atoms with van der Waals surface area (Å²) in [7, 11) is 0. The molecular formula is C13H21N. The molecule has 0 fully saturated rings. The van der Waals surface area contributed by atoms with Crippen molar-refractivity contribution >= 4 is 5.69 Å². The summed E-state index contributed by atoms with van der Waals surface area (Å²) in [6.45, 7) is 9.63. The number of hydrogen-bond donors (Lipinski definition) is 1. The molecule has 0 unspecified atom stereocenters. The molecule has 1 aliphatic heterocycles. The average molecular weight is 191 g/mol. The topological polar surface area (TPSA) is 12.0 Å². The Hall–Kier alpha value is -0.980. The second-order valence-corrected chi connectivity index (χ2v) is 3.70. The van der Waals surface area contributed by atoms with Crippen LogP contribution in [-0.4, -0.2) is 6.54 Å². The number of hydrogen-bond acceptors (Lipinski definition) is 1. The Bertz CT molecular complexity index is 289. The van der Waals surface area contributed by atoms with E-state index in [1.54, 1.807) is 0 Å². The fourth-order valence-electron chi connectivity index (χ4n) is 1.91. The molecule has 1 N–H and O–H groups in total. The molecule has 1 aliphatic rings. The zero-order chi connectivity index (χ0) is 10.6. The Kier molecular flexibility index (Phi) is 3.99. The lowest BCUT2D eigenvalue weighted by Crippen LogP contribution is -1.93. The maximum Gasteiger partial charge on any atom is 0.0376 e. The SMILES string of the molecule is CC.CC(C)c1cccc2c1CCN2. The van der Waals surface area contributed by atoms with E-state index in [0.717, 1.165) is 6.54 Å². The molecule has 1 aromatic rings. The van der Waals surface area contributed by atoms with Gasteiger partial charge < -0.3 is 5.32 Å². The summed E-state index contributed by atoms with van der Waals surface area (Å²) >= 11 is 0. The first-order valence-electron chi connectivity index (χ1n) is 5.64. The third kappa shape index (κ3) is 2.09. The predicted octanol–water partition coefficient (Wildman–Crippen LogP) is 3.80. The molecule has 0 amide bonds. The summed E-state index contributed by atoms with van der Waals surface area (Å²) in [6.07, 6.45) is 1.20. The van der Waals surface area contributed by atoms with Crippen LogP contribution in [0.5, 0.6) is 0 Å². The van der Waals surface area contributed by atoms with Crippen LogP contribution in [0.4, 0.5) is 5.69 Å². The maximum atomic E-state index is 3.40. The van der Waals surface area contributed by atoms with E-state index < -0.39 is 0 Å². The Balaban J connectivity index is 0.000000461. The van der Waals surface area contributed by atoms with Gasteiger partial charge in [0.15, 0.2) is 0 Å². The number of rotatable bonds is 1. The molecule has 0 aliphatic carbocycles. The van der Waals surface area contributed by atoms with Gasteiger partial charge in [0.2, 0.25) is 0 Å². The van der Waals surface area contributed by atoms with Crippen LogP contribution >= 0.6 is 0 Å². The standard InChI is InChI=1S/C11H15N.C2H6/c1-8(2)9-4-3-5-11-10(9)6-7-12-11;1-2/h3-5,8,12H,6-7H2,1-2H3;1-2H3. The lowest BCUT2D eigenvalue weighted by atomic mass is 9.96. The van der Waals surface area contributed by atoms with Crippen LogP contribution in [0, 0.1) is 0 Å². The highest BCUT2D eigenvalue weighted by molar-refractivity contribution is 5.59. The van der Waals surface area contributed by atoms with E-state index in [9.17, 15) is 0 Å². The summed E-state index contributed by atoms with van der Waals surface area (Å²) in [4.78, 5) is 0. The van der Waals surface area contributed by atoms with Crippen molar-refractivity contribution in [3.63, 3.8) is 0 Å². The van der Waals surface area contributed by atoms with Crippen molar-refractivity contribution in [1.82, 2.24) is 0 Å². The molecule has 2 rings (SSSR count). The van der Waals surface area contributed by atoms with Gasteiger partial charge in [0, 0.05) is 12.2 Å². The second-order valence-electron chi connectivity index (χ2n) is 3.70. The summed E-state index contributed by atoms with van der Waals surface area (Å²) < 4.78 is 0. The van der Waals surface area contributed by atoms with E-state index in [2.05, 4.69) is 37.4 Å². The minimum Gasteiger partial charge on any atom is -0.384 e. The highest BCUT2D eigenvalue weighted by Crippen LogP contribution is 2.29. The Morgan fingerprint density at radius 1 is 1.21 bits per heavy atom. The van der Waals surface area contributed by atoms with Crippen LogP contribution in [-0.2, 0) is 6.42 Å². The molecule has 0 saturated carbocycles. The molecule has 1 nitrogen and oxygen atoms in total. The van der Waals surface area contributed by atoms with Gasteiger partial charge in [0.25, 0.3) is 0 Å². The molecule has 0 spiro atoms. The van der Waals surface area contributed by atoms with E-state index in [4.69, 9.17) is 0 Å². The summed E-state index contributed by atoms with van der Waals surface area (Å²) in [5.41, 5.74) is 4.39. The molecular weight excluding hydrogens is 170 g/mol. The van der Waals surface area contributed by atoms with Gasteiger partial charge in [-0.15, -0.1) is 0 Å². The van der Waals surface area contributed by atoms with Crippen molar-refractivity contribution in [2.75, 3.05) is 11.9 Å². The highest BCUT2D eigenvalue weighted by atomic mass is 14.9. The number of anilines is 1. The van der Waals surface area contributed by atoms with Gasteiger partial charge in [0.05, 0.1) is 0 Å². The number of fused-ring (bicyclic) bond motifs is 1. The van der Waals surface area contributed by atoms with Crippen molar-refractivity contribution < 1.29 is 0 Å². The minimum absolute atomic E-state index is 0.653. The predicted molar refractivity (Wildman–Crippen MR) is 64.1 cm³/mol. The third-order valence-corrected chi connectivity index (χ3v) is 2.52. The molecule has 0 aromatic heterocycles. The fraction of sp³-hybridized carbons (Fsp3) is 0.538. The first-order valence-corrected chi connectivity index (χ1v) is 5.64. The van der Waals surface area contributed by atoms with Crippen molar-refractivity contribution in [1.29, 1.82) is 0 Å². The van der Waals surface area contributed by atoms with Gasteiger partial charge >= 0.3 is 0 Å². The number of nitrogens with one attached hydrogen (secondary N) is 1. The zero-order valence-electron chi connectivity index (χ0n) is 9.72. The molecule has 1 heterocycles. The lowest BCUT2D eigenvalue weighted by Gasteiger charge is -2.10. The average Bonchev–Trinajstić information content (AvgIpc) is 2.67. The summed E-state index contributed by atoms with van der Waals surface area (Å²) in [5.74, 6) is 0.653. The van der Waals surface area contributed by atoms with Gasteiger partial charge in [-0.05, 0) is 29.5 Å². The fourth-order valence-corrected chi connectivity index (χ4v) is 1.91. The van der Waals surface area contributed by atoms with Gasteiger partial charge in [-0.25, -0.2) is 0 Å². The molecule has 0 atom stereocenters. The minimum atomic E-state index is 0.653. The van der Waals surface area contributed by atoms with E-state index in [-0.39, 0.29) is 0 Å². The molecule has 0 saturated heterocycles. The number of benzene rings is 1. The molecule has 78 valence electrons. The molecule has 1 aromatic carbocycles. The van der Waals surface area contributed by atoms with Crippen LogP contribution in [0.3, 0.4) is 0 Å². The van der Waals surface area contributed by atoms with Crippen molar-refractivity contribution in [3.8, 4) is 0 Å². The largest absolute Gasteiger partial charge is 0.384 e. The molecule has 0 radical (unpaired) electrons. The van der Waals surface area contributed by atoms with Crippen molar-refractivity contribution in [3.05, 3.63) is 29.3 Å². The van der Waals surface area contributed by atoms with E-state index in [0.29, 0.717) is 5.92 Å². The smallest absolute Gasteiger partial charge is 0.0376 e. The maximum absolute atomic E-state index is 3.40. The normalized spacial score (nSPS) is 12.9. The monoisotopic (exact) mass is 191 g/mol. The Morgan fingerprint density at radius 2 is 1.93 bits per heavy atom. The van der Waals surface area contributed by atoms with Crippen LogP contribution in [0.25, 0.3) is 0 Å². The third-order valence-electron chi connectivity index (χ3n) is 2.52. The van der Waals surface area contributed by atoms with Crippen LogP contribution in [0.15, 0.2) is 18.2 Å². The van der Waals surface area contributed by atoms with Gasteiger partial charge in [0.1, 0.15) is 0 Å². The second kappa shape index (κ2) is 5.04. The van der Waals surface area contributed by atoms with Crippen molar-refractivity contribution in [2.24, 2.45) is 0 Å². The Labute approximate surface area is 87.5 Å².